The number of aromatic nitrogens is 1. The van der Waals surface area contributed by atoms with Gasteiger partial charge in [0, 0.05) is 33.3 Å². The van der Waals surface area contributed by atoms with Crippen LogP contribution in [0.15, 0.2) is 36.5 Å². The second-order valence-corrected chi connectivity index (χ2v) is 7.21. The molecule has 6 nitrogen and oxygen atoms in total. The Balaban J connectivity index is 1.57. The molecule has 0 aliphatic carbocycles. The summed E-state index contributed by atoms with van der Waals surface area (Å²) in [4.78, 5) is 21.3. The number of amides is 1. The summed E-state index contributed by atoms with van der Waals surface area (Å²) in [5.41, 5.74) is 1.73. The van der Waals surface area contributed by atoms with Crippen LogP contribution in [0.3, 0.4) is 0 Å². The molecule has 0 radical (unpaired) electrons. The molecule has 142 valence electrons. The maximum Gasteiger partial charge on any atom is 0.255 e. The van der Waals surface area contributed by atoms with Gasteiger partial charge in [-0.1, -0.05) is 6.07 Å². The van der Waals surface area contributed by atoms with E-state index in [4.69, 9.17) is 9.47 Å². The molecule has 2 aliphatic heterocycles. The van der Waals surface area contributed by atoms with E-state index in [1.807, 2.05) is 48.2 Å². The van der Waals surface area contributed by atoms with E-state index >= 15 is 0 Å². The number of rotatable bonds is 3. The first-order valence-electron chi connectivity index (χ1n) is 9.47. The van der Waals surface area contributed by atoms with E-state index in [2.05, 4.69) is 11.1 Å². The molecule has 1 atom stereocenters. The monoisotopic (exact) mass is 367 g/mol. The molecule has 2 aromatic rings. The van der Waals surface area contributed by atoms with Gasteiger partial charge in [0.25, 0.3) is 5.91 Å². The fourth-order valence-electron chi connectivity index (χ4n) is 3.69. The first-order chi connectivity index (χ1) is 13.1. The maximum atomic E-state index is 13.1. The van der Waals surface area contributed by atoms with Crippen molar-refractivity contribution in [2.45, 2.75) is 25.3 Å². The average molecular weight is 367 g/mol. The van der Waals surface area contributed by atoms with Gasteiger partial charge in [0.2, 0.25) is 0 Å². The Morgan fingerprint density at radius 2 is 1.93 bits per heavy atom. The van der Waals surface area contributed by atoms with Crippen LogP contribution in [0, 0.1) is 0 Å². The molecule has 1 aromatic heterocycles. The zero-order valence-electron chi connectivity index (χ0n) is 15.9. The van der Waals surface area contributed by atoms with Crippen molar-refractivity contribution in [1.29, 1.82) is 0 Å². The molecule has 1 saturated heterocycles. The Kier molecular flexibility index (Phi) is 4.88. The fraction of sp³-hybridized carbons (Fsp3) is 0.429. The molecule has 2 aliphatic rings. The van der Waals surface area contributed by atoms with E-state index in [9.17, 15) is 4.79 Å². The van der Waals surface area contributed by atoms with Crippen LogP contribution < -0.4 is 14.4 Å². The first-order valence-corrected chi connectivity index (χ1v) is 9.47. The van der Waals surface area contributed by atoms with Crippen LogP contribution in [0.25, 0.3) is 0 Å². The molecule has 0 bridgehead atoms. The highest BCUT2D eigenvalue weighted by molar-refractivity contribution is 5.94. The Labute approximate surface area is 159 Å². The minimum atomic E-state index is 0.0300. The second-order valence-electron chi connectivity index (χ2n) is 7.21. The predicted octanol–water partition coefficient (Wildman–Crippen LogP) is 3.29. The molecule has 1 aromatic carbocycles. The van der Waals surface area contributed by atoms with Gasteiger partial charge in [-0.2, -0.15) is 0 Å². The van der Waals surface area contributed by atoms with Crippen LogP contribution in [0.4, 0.5) is 5.82 Å². The third-order valence-corrected chi connectivity index (χ3v) is 5.12. The molecule has 1 fully saturated rings. The molecule has 0 N–H and O–H groups in total. The molecular weight excluding hydrogens is 342 g/mol. The van der Waals surface area contributed by atoms with Gasteiger partial charge in [0.1, 0.15) is 5.82 Å². The lowest BCUT2D eigenvalue weighted by atomic mass is 10.0. The van der Waals surface area contributed by atoms with E-state index in [1.165, 1.54) is 0 Å². The van der Waals surface area contributed by atoms with Gasteiger partial charge in [-0.05, 0) is 42.7 Å². The molecule has 0 unspecified atom stereocenters. The average Bonchev–Trinajstić information content (AvgIpc) is 3.06. The predicted molar refractivity (Wildman–Crippen MR) is 104 cm³/mol. The number of hydrogen-bond acceptors (Lipinski definition) is 5. The Morgan fingerprint density at radius 1 is 1.11 bits per heavy atom. The van der Waals surface area contributed by atoms with Gasteiger partial charge in [-0.25, -0.2) is 4.98 Å². The molecule has 6 heteroatoms. The SMILES string of the molecule is CN(C)c1ccc(C(=O)N2CCC[C@@H]2c2ccc3c(c2)OCCCO3)cn1. The highest BCUT2D eigenvalue weighted by Gasteiger charge is 2.31. The minimum Gasteiger partial charge on any atom is -0.490 e. The van der Waals surface area contributed by atoms with Crippen LogP contribution >= 0.6 is 0 Å². The summed E-state index contributed by atoms with van der Waals surface area (Å²) in [6.45, 7) is 2.09. The lowest BCUT2D eigenvalue weighted by Gasteiger charge is -2.26. The quantitative estimate of drug-likeness (QED) is 0.833. The second kappa shape index (κ2) is 7.47. The van der Waals surface area contributed by atoms with Crippen molar-refractivity contribution in [3.05, 3.63) is 47.7 Å². The first kappa shape index (κ1) is 17.6. The summed E-state index contributed by atoms with van der Waals surface area (Å²) in [6, 6.07) is 9.84. The van der Waals surface area contributed by atoms with Crippen molar-refractivity contribution < 1.29 is 14.3 Å². The third kappa shape index (κ3) is 3.56. The fourth-order valence-corrected chi connectivity index (χ4v) is 3.69. The standard InChI is InChI=1S/C21H25N3O3/c1-23(2)20-9-7-16(14-22-20)21(25)24-10-3-5-17(24)15-6-8-18-19(13-15)27-12-4-11-26-18/h6-9,13-14,17H,3-5,10-12H2,1-2H3/t17-/m1/s1. The van der Waals surface area contributed by atoms with Gasteiger partial charge in [-0.3, -0.25) is 4.79 Å². The number of carbonyl (C=O) groups is 1. The number of pyridine rings is 1. The largest absolute Gasteiger partial charge is 0.490 e. The van der Waals surface area contributed by atoms with Crippen molar-refractivity contribution in [2.75, 3.05) is 38.8 Å². The number of carbonyl (C=O) groups excluding carboxylic acids is 1. The van der Waals surface area contributed by atoms with Crippen LogP contribution in [0.1, 0.15) is 41.2 Å². The summed E-state index contributed by atoms with van der Waals surface area (Å²) >= 11 is 0. The smallest absolute Gasteiger partial charge is 0.255 e. The maximum absolute atomic E-state index is 13.1. The summed E-state index contributed by atoms with van der Waals surface area (Å²) in [5, 5.41) is 0. The number of ether oxygens (including phenoxy) is 2. The number of benzene rings is 1. The van der Waals surface area contributed by atoms with Crippen molar-refractivity contribution in [3.8, 4) is 11.5 Å². The van der Waals surface area contributed by atoms with Gasteiger partial charge in [-0.15, -0.1) is 0 Å². The van der Waals surface area contributed by atoms with E-state index in [1.54, 1.807) is 6.20 Å². The molecular formula is C21H25N3O3. The van der Waals surface area contributed by atoms with E-state index < -0.39 is 0 Å². The molecule has 1 amide bonds. The van der Waals surface area contributed by atoms with E-state index in [-0.39, 0.29) is 11.9 Å². The van der Waals surface area contributed by atoms with Crippen molar-refractivity contribution >= 4 is 11.7 Å². The number of nitrogens with zero attached hydrogens (tertiary/aromatic N) is 3. The van der Waals surface area contributed by atoms with Crippen molar-refractivity contribution in [2.24, 2.45) is 0 Å². The number of anilines is 1. The highest BCUT2D eigenvalue weighted by atomic mass is 16.5. The number of hydrogen-bond donors (Lipinski definition) is 0. The van der Waals surface area contributed by atoms with Gasteiger partial charge < -0.3 is 19.3 Å². The highest BCUT2D eigenvalue weighted by Crippen LogP contribution is 2.38. The van der Waals surface area contributed by atoms with Gasteiger partial charge >= 0.3 is 0 Å². The van der Waals surface area contributed by atoms with Crippen LogP contribution in [0.2, 0.25) is 0 Å². The van der Waals surface area contributed by atoms with Crippen LogP contribution in [-0.4, -0.2) is 49.6 Å². The summed E-state index contributed by atoms with van der Waals surface area (Å²) < 4.78 is 11.5. The van der Waals surface area contributed by atoms with Gasteiger partial charge in [0.15, 0.2) is 11.5 Å². The normalized spacial score (nSPS) is 18.9. The van der Waals surface area contributed by atoms with Crippen molar-refractivity contribution in [1.82, 2.24) is 9.88 Å². The molecule has 0 spiro atoms. The van der Waals surface area contributed by atoms with Gasteiger partial charge in [0.05, 0.1) is 24.8 Å². The Hall–Kier alpha value is -2.76. The summed E-state index contributed by atoms with van der Waals surface area (Å²) in [7, 11) is 3.87. The third-order valence-electron chi connectivity index (χ3n) is 5.12. The summed E-state index contributed by atoms with van der Waals surface area (Å²) in [6.07, 6.45) is 4.50. The van der Waals surface area contributed by atoms with Crippen LogP contribution in [0.5, 0.6) is 11.5 Å². The molecule has 0 saturated carbocycles. The van der Waals surface area contributed by atoms with Crippen LogP contribution in [-0.2, 0) is 0 Å². The molecule has 4 rings (SSSR count). The minimum absolute atomic E-state index is 0.0300. The lowest BCUT2D eigenvalue weighted by molar-refractivity contribution is 0.0735. The lowest BCUT2D eigenvalue weighted by Crippen LogP contribution is -2.30. The topological polar surface area (TPSA) is 54.9 Å². The van der Waals surface area contributed by atoms with E-state index in [0.717, 1.165) is 48.7 Å². The van der Waals surface area contributed by atoms with E-state index in [0.29, 0.717) is 18.8 Å². The zero-order chi connectivity index (χ0) is 18.8. The zero-order valence-corrected chi connectivity index (χ0v) is 15.9. The number of likely N-dealkylation sites (tertiary alicyclic amines) is 1. The Morgan fingerprint density at radius 3 is 2.67 bits per heavy atom. The van der Waals surface area contributed by atoms with Crippen molar-refractivity contribution in [3.63, 3.8) is 0 Å². The molecule has 27 heavy (non-hydrogen) atoms. The summed E-state index contributed by atoms with van der Waals surface area (Å²) in [5.74, 6) is 2.44. The molecule has 3 heterocycles. The number of fused-ring (bicyclic) bond motifs is 1. The Bertz CT molecular complexity index is 820.